The van der Waals surface area contributed by atoms with Crippen LogP contribution >= 0.6 is 11.8 Å². The summed E-state index contributed by atoms with van der Waals surface area (Å²) in [5, 5.41) is 0. The van der Waals surface area contributed by atoms with Crippen LogP contribution in [0.15, 0.2) is 53.4 Å². The molecule has 0 radical (unpaired) electrons. The Kier molecular flexibility index (Phi) is 6.09. The van der Waals surface area contributed by atoms with E-state index in [-0.39, 0.29) is 18.4 Å². The largest absolute Gasteiger partial charge is 0.476 e. The highest BCUT2D eigenvalue weighted by molar-refractivity contribution is 8.00. The lowest BCUT2D eigenvalue weighted by molar-refractivity contribution is -0.139. The van der Waals surface area contributed by atoms with E-state index in [1.807, 2.05) is 60.4 Å². The van der Waals surface area contributed by atoms with Crippen LogP contribution in [0.5, 0.6) is 5.75 Å². The predicted octanol–water partition coefficient (Wildman–Crippen LogP) is 3.89. The Balaban J connectivity index is 1.50. The van der Waals surface area contributed by atoms with Gasteiger partial charge in [-0.1, -0.05) is 30.3 Å². The highest BCUT2D eigenvalue weighted by atomic mass is 32.2. The Morgan fingerprint density at radius 3 is 2.55 bits per heavy atom. The average Bonchev–Trinajstić information content (AvgIpc) is 2.77. The van der Waals surface area contributed by atoms with Crippen molar-refractivity contribution in [2.24, 2.45) is 0 Å². The van der Waals surface area contributed by atoms with Gasteiger partial charge in [0.2, 0.25) is 5.91 Å². The Bertz CT molecular complexity index is 895. The Labute approximate surface area is 176 Å². The number of thioether (sulfide) groups is 1. The number of nitrogens with zero attached hydrogens (tertiary/aromatic N) is 2. The van der Waals surface area contributed by atoms with Gasteiger partial charge in [0.05, 0.1) is 18.0 Å². The molecule has 2 aromatic rings. The SMILES string of the molecule is Cc1ccccc1SCC(=O)N1C[C@H](C(=O)N2CCCCC2)Oc2ccccc21. The first-order valence-corrected chi connectivity index (χ1v) is 11.2. The molecule has 0 spiro atoms. The van der Waals surface area contributed by atoms with Crippen LogP contribution in [-0.2, 0) is 9.59 Å². The van der Waals surface area contributed by atoms with Crippen molar-refractivity contribution in [2.45, 2.75) is 37.2 Å². The quantitative estimate of drug-likeness (QED) is 0.718. The van der Waals surface area contributed by atoms with Crippen molar-refractivity contribution in [3.05, 3.63) is 54.1 Å². The summed E-state index contributed by atoms with van der Waals surface area (Å²) in [4.78, 5) is 30.8. The second kappa shape index (κ2) is 8.91. The second-order valence-corrected chi connectivity index (χ2v) is 8.54. The maximum absolute atomic E-state index is 13.1. The van der Waals surface area contributed by atoms with Gasteiger partial charge in [0.1, 0.15) is 5.75 Å². The van der Waals surface area contributed by atoms with Crippen LogP contribution in [0.25, 0.3) is 0 Å². The molecule has 2 aromatic carbocycles. The van der Waals surface area contributed by atoms with Crippen molar-refractivity contribution in [3.8, 4) is 5.75 Å². The molecule has 0 bridgehead atoms. The predicted molar refractivity (Wildman–Crippen MR) is 116 cm³/mol. The zero-order valence-electron chi connectivity index (χ0n) is 16.7. The number of ether oxygens (including phenoxy) is 1. The number of carbonyl (C=O) groups is 2. The molecule has 2 aliphatic heterocycles. The van der Waals surface area contributed by atoms with Crippen molar-refractivity contribution in [3.63, 3.8) is 0 Å². The van der Waals surface area contributed by atoms with Crippen molar-refractivity contribution in [2.75, 3.05) is 30.3 Å². The number of carbonyl (C=O) groups excluding carboxylic acids is 2. The summed E-state index contributed by atoms with van der Waals surface area (Å²) in [6.07, 6.45) is 2.59. The van der Waals surface area contributed by atoms with E-state index in [2.05, 4.69) is 0 Å². The van der Waals surface area contributed by atoms with E-state index in [1.165, 1.54) is 18.2 Å². The van der Waals surface area contributed by atoms with Crippen LogP contribution in [0.1, 0.15) is 24.8 Å². The molecule has 1 atom stereocenters. The van der Waals surface area contributed by atoms with Crippen molar-refractivity contribution in [1.82, 2.24) is 4.90 Å². The Morgan fingerprint density at radius 2 is 1.76 bits per heavy atom. The third kappa shape index (κ3) is 4.42. The molecule has 5 nitrogen and oxygen atoms in total. The summed E-state index contributed by atoms with van der Waals surface area (Å²) < 4.78 is 6.02. The van der Waals surface area contributed by atoms with Gasteiger partial charge in [-0.3, -0.25) is 9.59 Å². The Morgan fingerprint density at radius 1 is 1.03 bits per heavy atom. The molecule has 0 N–H and O–H groups in total. The van der Waals surface area contributed by atoms with Gasteiger partial charge in [-0.05, 0) is 49.9 Å². The molecule has 2 amide bonds. The van der Waals surface area contributed by atoms with E-state index in [9.17, 15) is 9.59 Å². The molecule has 0 unspecified atom stereocenters. The van der Waals surface area contributed by atoms with Gasteiger partial charge in [-0.15, -0.1) is 11.8 Å². The number of hydrogen-bond donors (Lipinski definition) is 0. The molecule has 1 saturated heterocycles. The number of piperidine rings is 1. The summed E-state index contributed by atoms with van der Waals surface area (Å²) >= 11 is 1.53. The molecule has 2 heterocycles. The van der Waals surface area contributed by atoms with E-state index in [4.69, 9.17) is 4.74 Å². The average molecular weight is 411 g/mol. The molecule has 2 aliphatic rings. The lowest BCUT2D eigenvalue weighted by Gasteiger charge is -2.37. The van der Waals surface area contributed by atoms with Gasteiger partial charge >= 0.3 is 0 Å². The van der Waals surface area contributed by atoms with Gasteiger partial charge in [0, 0.05) is 18.0 Å². The molecule has 6 heteroatoms. The summed E-state index contributed by atoms with van der Waals surface area (Å²) in [5.41, 5.74) is 1.90. The van der Waals surface area contributed by atoms with Crippen LogP contribution in [0, 0.1) is 6.92 Å². The van der Waals surface area contributed by atoms with Crippen molar-refractivity contribution >= 4 is 29.3 Å². The normalized spacial score (nSPS) is 18.7. The lowest BCUT2D eigenvalue weighted by atomic mass is 10.1. The van der Waals surface area contributed by atoms with E-state index >= 15 is 0 Å². The van der Waals surface area contributed by atoms with Gasteiger partial charge in [-0.2, -0.15) is 0 Å². The summed E-state index contributed by atoms with van der Waals surface area (Å²) in [6, 6.07) is 15.5. The minimum Gasteiger partial charge on any atom is -0.476 e. The zero-order valence-corrected chi connectivity index (χ0v) is 17.5. The first kappa shape index (κ1) is 19.8. The van der Waals surface area contributed by atoms with Crippen LogP contribution in [0.4, 0.5) is 5.69 Å². The molecule has 4 rings (SSSR count). The summed E-state index contributed by atoms with van der Waals surface area (Å²) in [5.74, 6) is 0.904. The smallest absolute Gasteiger partial charge is 0.265 e. The first-order valence-electron chi connectivity index (χ1n) is 10.2. The third-order valence-corrected chi connectivity index (χ3v) is 6.62. The number of likely N-dealkylation sites (tertiary alicyclic amines) is 1. The minimum atomic E-state index is -0.643. The number of para-hydroxylation sites is 2. The molecule has 152 valence electrons. The summed E-state index contributed by atoms with van der Waals surface area (Å²) in [6.45, 7) is 3.86. The highest BCUT2D eigenvalue weighted by Crippen LogP contribution is 2.34. The number of fused-ring (bicyclic) bond motifs is 1. The fourth-order valence-corrected chi connectivity index (χ4v) is 4.76. The number of benzene rings is 2. The van der Waals surface area contributed by atoms with Gasteiger partial charge in [-0.25, -0.2) is 0 Å². The van der Waals surface area contributed by atoms with E-state index in [0.29, 0.717) is 11.5 Å². The maximum atomic E-state index is 13.1. The van der Waals surface area contributed by atoms with Crippen LogP contribution in [-0.4, -0.2) is 48.2 Å². The lowest BCUT2D eigenvalue weighted by Crippen LogP contribution is -2.53. The highest BCUT2D eigenvalue weighted by Gasteiger charge is 2.36. The van der Waals surface area contributed by atoms with Crippen LogP contribution in [0.3, 0.4) is 0 Å². The molecule has 29 heavy (non-hydrogen) atoms. The van der Waals surface area contributed by atoms with Gasteiger partial charge in [0.25, 0.3) is 5.91 Å². The maximum Gasteiger partial charge on any atom is 0.265 e. The molecule has 1 fully saturated rings. The number of amides is 2. The number of anilines is 1. The summed E-state index contributed by atoms with van der Waals surface area (Å²) in [7, 11) is 0. The van der Waals surface area contributed by atoms with Crippen molar-refractivity contribution < 1.29 is 14.3 Å². The monoisotopic (exact) mass is 410 g/mol. The van der Waals surface area contributed by atoms with Gasteiger partial charge in [0.15, 0.2) is 6.10 Å². The third-order valence-electron chi connectivity index (χ3n) is 5.46. The standard InChI is InChI=1S/C23H26N2O3S/c1-17-9-3-6-12-21(17)29-16-22(26)25-15-20(23(27)24-13-7-2-8-14-24)28-19-11-5-4-10-18(19)25/h3-6,9-12,20H,2,7-8,13-16H2,1H3/t20-/m1/s1. The molecular weight excluding hydrogens is 384 g/mol. The number of hydrogen-bond acceptors (Lipinski definition) is 4. The van der Waals surface area contributed by atoms with E-state index in [0.717, 1.165) is 42.1 Å². The zero-order chi connectivity index (χ0) is 20.2. The van der Waals surface area contributed by atoms with E-state index in [1.54, 1.807) is 4.90 Å². The van der Waals surface area contributed by atoms with Gasteiger partial charge < -0.3 is 14.5 Å². The topological polar surface area (TPSA) is 49.9 Å². The number of aryl methyl sites for hydroxylation is 1. The fraction of sp³-hybridized carbons (Fsp3) is 0.391. The second-order valence-electron chi connectivity index (χ2n) is 7.52. The van der Waals surface area contributed by atoms with Crippen molar-refractivity contribution in [1.29, 1.82) is 0 Å². The minimum absolute atomic E-state index is 0.00885. The molecule has 0 saturated carbocycles. The fourth-order valence-electron chi connectivity index (χ4n) is 3.85. The van der Waals surface area contributed by atoms with E-state index < -0.39 is 6.10 Å². The molecule has 0 aliphatic carbocycles. The van der Waals surface area contributed by atoms with Crippen LogP contribution < -0.4 is 9.64 Å². The number of rotatable bonds is 4. The first-order chi connectivity index (χ1) is 14.1. The Hall–Kier alpha value is -2.47. The molecular formula is C23H26N2O3S. The molecule has 0 aromatic heterocycles. The van der Waals surface area contributed by atoms with Crippen LogP contribution in [0.2, 0.25) is 0 Å².